The summed E-state index contributed by atoms with van der Waals surface area (Å²) in [5, 5.41) is 0. The Morgan fingerprint density at radius 2 is 2.06 bits per heavy atom. The van der Waals surface area contributed by atoms with Gasteiger partial charge in [0, 0.05) is 10.1 Å². The van der Waals surface area contributed by atoms with Crippen molar-refractivity contribution >= 4 is 22.6 Å². The van der Waals surface area contributed by atoms with E-state index in [1.54, 1.807) is 0 Å². The number of imidazole rings is 1. The van der Waals surface area contributed by atoms with E-state index in [-0.39, 0.29) is 0 Å². The molecule has 4 heteroatoms. The van der Waals surface area contributed by atoms with Crippen LogP contribution in [0.25, 0.3) is 0 Å². The van der Waals surface area contributed by atoms with Gasteiger partial charge < -0.3 is 9.30 Å². The third kappa shape index (κ3) is 3.46. The molecule has 0 aliphatic rings. The van der Waals surface area contributed by atoms with Crippen molar-refractivity contribution in [3.63, 3.8) is 0 Å². The molecule has 0 aliphatic carbocycles. The van der Waals surface area contributed by atoms with Gasteiger partial charge in [0.1, 0.15) is 12.4 Å². The van der Waals surface area contributed by atoms with E-state index in [1.807, 2.05) is 36.8 Å². The molecular formula is C13H15IN2O. The van der Waals surface area contributed by atoms with Crippen LogP contribution in [0.1, 0.15) is 19.0 Å². The van der Waals surface area contributed by atoms with Crippen molar-refractivity contribution < 1.29 is 4.74 Å². The van der Waals surface area contributed by atoms with Crippen LogP contribution in [0.5, 0.6) is 5.75 Å². The summed E-state index contributed by atoms with van der Waals surface area (Å²) in [5.41, 5.74) is 1.12. The lowest BCUT2D eigenvalue weighted by Crippen LogP contribution is -2.04. The van der Waals surface area contributed by atoms with Gasteiger partial charge >= 0.3 is 0 Å². The molecule has 1 aromatic heterocycles. The van der Waals surface area contributed by atoms with E-state index >= 15 is 0 Å². The summed E-state index contributed by atoms with van der Waals surface area (Å²) >= 11 is 2.28. The summed E-state index contributed by atoms with van der Waals surface area (Å²) in [7, 11) is 0. The van der Waals surface area contributed by atoms with Crippen LogP contribution < -0.4 is 4.74 Å². The van der Waals surface area contributed by atoms with Gasteiger partial charge in [-0.2, -0.15) is 0 Å². The number of hydrogen-bond donors (Lipinski definition) is 0. The predicted octanol–water partition coefficient (Wildman–Crippen LogP) is 3.48. The van der Waals surface area contributed by atoms with Crippen molar-refractivity contribution in [3.8, 4) is 5.75 Å². The zero-order valence-corrected chi connectivity index (χ0v) is 11.9. The average molecular weight is 342 g/mol. The first-order valence-corrected chi connectivity index (χ1v) is 6.75. The molecule has 1 heterocycles. The van der Waals surface area contributed by atoms with Crippen molar-refractivity contribution in [3.05, 3.63) is 46.1 Å². The smallest absolute Gasteiger partial charge is 0.130 e. The van der Waals surface area contributed by atoms with Crippen molar-refractivity contribution in [1.82, 2.24) is 9.55 Å². The van der Waals surface area contributed by atoms with Gasteiger partial charge in [-0.25, -0.2) is 4.98 Å². The largest absolute Gasteiger partial charge is 0.487 e. The minimum absolute atomic E-state index is 0.570. The van der Waals surface area contributed by atoms with Gasteiger partial charge in [-0.05, 0) is 53.3 Å². The Morgan fingerprint density at radius 3 is 2.76 bits per heavy atom. The molecular weight excluding hydrogens is 327 g/mol. The van der Waals surface area contributed by atoms with Crippen molar-refractivity contribution in [2.24, 2.45) is 0 Å². The number of benzene rings is 1. The third-order valence-corrected chi connectivity index (χ3v) is 3.18. The molecule has 0 saturated carbocycles. The van der Waals surface area contributed by atoms with Crippen LogP contribution in [0.4, 0.5) is 0 Å². The minimum atomic E-state index is 0.570. The lowest BCUT2D eigenvalue weighted by Gasteiger charge is -2.08. The molecule has 0 saturated heterocycles. The Balaban J connectivity index is 1.97. The van der Waals surface area contributed by atoms with Gasteiger partial charge in [-0.15, -0.1) is 0 Å². The number of rotatable bonds is 5. The summed E-state index contributed by atoms with van der Waals surface area (Å²) in [6, 6.07) is 8.06. The number of aryl methyl sites for hydroxylation is 1. The maximum absolute atomic E-state index is 5.73. The molecule has 17 heavy (non-hydrogen) atoms. The van der Waals surface area contributed by atoms with Crippen LogP contribution in [0, 0.1) is 3.57 Å². The molecule has 0 fully saturated rings. The minimum Gasteiger partial charge on any atom is -0.487 e. The van der Waals surface area contributed by atoms with Crippen molar-refractivity contribution in [1.29, 1.82) is 0 Å². The molecule has 1 aromatic carbocycles. The zero-order valence-electron chi connectivity index (χ0n) is 9.77. The molecule has 90 valence electrons. The summed E-state index contributed by atoms with van der Waals surface area (Å²) in [5.74, 6) is 0.898. The van der Waals surface area contributed by atoms with Crippen LogP contribution in [-0.2, 0) is 13.2 Å². The van der Waals surface area contributed by atoms with E-state index < -0.39 is 0 Å². The van der Waals surface area contributed by atoms with Gasteiger partial charge in [0.2, 0.25) is 0 Å². The highest BCUT2D eigenvalue weighted by atomic mass is 127. The van der Waals surface area contributed by atoms with Gasteiger partial charge in [-0.3, -0.25) is 0 Å². The van der Waals surface area contributed by atoms with Crippen molar-refractivity contribution in [2.75, 3.05) is 0 Å². The first kappa shape index (κ1) is 12.4. The van der Waals surface area contributed by atoms with E-state index in [0.717, 1.165) is 24.4 Å². The predicted molar refractivity (Wildman–Crippen MR) is 76.0 cm³/mol. The first-order chi connectivity index (χ1) is 8.29. The molecule has 2 rings (SSSR count). The molecule has 3 nitrogen and oxygen atoms in total. The van der Waals surface area contributed by atoms with E-state index in [4.69, 9.17) is 4.74 Å². The summed E-state index contributed by atoms with van der Waals surface area (Å²) in [4.78, 5) is 4.15. The van der Waals surface area contributed by atoms with Gasteiger partial charge in [0.25, 0.3) is 0 Å². The summed E-state index contributed by atoms with van der Waals surface area (Å²) in [6.45, 7) is 3.72. The Kier molecular flexibility index (Phi) is 4.42. The quantitative estimate of drug-likeness (QED) is 0.778. The lowest BCUT2D eigenvalue weighted by atomic mass is 10.3. The fourth-order valence-electron chi connectivity index (χ4n) is 1.60. The second-order valence-electron chi connectivity index (χ2n) is 3.82. The Morgan fingerprint density at radius 1 is 1.29 bits per heavy atom. The van der Waals surface area contributed by atoms with Crippen LogP contribution in [0.2, 0.25) is 0 Å². The van der Waals surface area contributed by atoms with E-state index in [1.165, 1.54) is 3.57 Å². The van der Waals surface area contributed by atoms with Crippen LogP contribution in [0.15, 0.2) is 36.8 Å². The Labute approximate surface area is 115 Å². The monoisotopic (exact) mass is 342 g/mol. The third-order valence-electron chi connectivity index (χ3n) is 2.46. The highest BCUT2D eigenvalue weighted by Crippen LogP contribution is 2.15. The first-order valence-electron chi connectivity index (χ1n) is 5.67. The molecule has 0 radical (unpaired) electrons. The summed E-state index contributed by atoms with van der Waals surface area (Å²) < 4.78 is 9.07. The fraction of sp³-hybridized carbons (Fsp3) is 0.308. The fourth-order valence-corrected chi connectivity index (χ4v) is 1.96. The number of hydrogen-bond acceptors (Lipinski definition) is 2. The van der Waals surface area contributed by atoms with Gasteiger partial charge in [0.15, 0.2) is 0 Å². The second kappa shape index (κ2) is 6.05. The molecule has 0 amide bonds. The Hall–Kier alpha value is -1.04. The number of ether oxygens (including phenoxy) is 1. The van der Waals surface area contributed by atoms with Gasteiger partial charge in [0.05, 0.1) is 18.2 Å². The highest BCUT2D eigenvalue weighted by Gasteiger charge is 2.02. The van der Waals surface area contributed by atoms with E-state index in [0.29, 0.717) is 6.61 Å². The molecule has 0 bridgehead atoms. The van der Waals surface area contributed by atoms with Gasteiger partial charge in [-0.1, -0.05) is 6.92 Å². The summed E-state index contributed by atoms with van der Waals surface area (Å²) in [6.07, 6.45) is 4.82. The lowest BCUT2D eigenvalue weighted by molar-refractivity contribution is 0.294. The maximum Gasteiger partial charge on any atom is 0.130 e. The molecule has 0 aliphatic heterocycles. The van der Waals surface area contributed by atoms with Crippen LogP contribution >= 0.6 is 22.6 Å². The molecule has 0 spiro atoms. The number of nitrogens with zero attached hydrogens (tertiary/aromatic N) is 2. The number of halogens is 1. The number of aromatic nitrogens is 2. The Bertz CT molecular complexity index is 465. The SMILES string of the molecule is CCCn1cncc1COc1ccc(I)cc1. The average Bonchev–Trinajstić information content (AvgIpc) is 2.77. The zero-order chi connectivity index (χ0) is 12.1. The second-order valence-corrected chi connectivity index (χ2v) is 5.07. The molecule has 0 N–H and O–H groups in total. The van der Waals surface area contributed by atoms with Crippen molar-refractivity contribution in [2.45, 2.75) is 26.5 Å². The molecule has 0 unspecified atom stereocenters. The molecule has 0 atom stereocenters. The topological polar surface area (TPSA) is 27.1 Å². The van der Waals surface area contributed by atoms with E-state index in [2.05, 4.69) is 39.1 Å². The van der Waals surface area contributed by atoms with Crippen LogP contribution in [-0.4, -0.2) is 9.55 Å². The molecule has 2 aromatic rings. The maximum atomic E-state index is 5.73. The van der Waals surface area contributed by atoms with E-state index in [9.17, 15) is 0 Å². The highest BCUT2D eigenvalue weighted by molar-refractivity contribution is 14.1. The van der Waals surface area contributed by atoms with Crippen LogP contribution in [0.3, 0.4) is 0 Å². The normalized spacial score (nSPS) is 10.5. The standard InChI is InChI=1S/C13H15IN2O/c1-2-7-16-10-15-8-12(16)9-17-13-5-3-11(14)4-6-13/h3-6,8,10H,2,7,9H2,1H3.